The van der Waals surface area contributed by atoms with Gasteiger partial charge in [-0.15, -0.1) is 0 Å². The number of nitrogen functional groups attached to an aromatic ring is 1. The number of hydrogen-bond donors (Lipinski definition) is 1. The molecular weight excluding hydrogens is 256 g/mol. The van der Waals surface area contributed by atoms with Crippen molar-refractivity contribution in [3.63, 3.8) is 0 Å². The lowest BCUT2D eigenvalue weighted by atomic mass is 10.2. The third-order valence-corrected chi connectivity index (χ3v) is 3.36. The largest absolute Gasteiger partial charge is 0.368 e. The van der Waals surface area contributed by atoms with Gasteiger partial charge in [0.2, 0.25) is 5.95 Å². The Morgan fingerprint density at radius 2 is 2.05 bits per heavy atom. The Morgan fingerprint density at radius 3 is 2.79 bits per heavy atom. The molecule has 0 saturated carbocycles. The molecule has 0 spiro atoms. The zero-order valence-corrected chi connectivity index (χ0v) is 10.9. The van der Waals surface area contributed by atoms with E-state index in [1.54, 1.807) is 22.2 Å². The molecule has 19 heavy (non-hydrogen) atoms. The fraction of sp³-hybridized carbons (Fsp3) is 0. The van der Waals surface area contributed by atoms with Crippen molar-refractivity contribution in [3.8, 4) is 11.3 Å². The van der Waals surface area contributed by atoms with Gasteiger partial charge >= 0.3 is 0 Å². The number of aromatic nitrogens is 2. The summed E-state index contributed by atoms with van der Waals surface area (Å²) >= 11 is 1.63. The summed E-state index contributed by atoms with van der Waals surface area (Å²) in [6.07, 6.45) is 3.59. The first-order valence-corrected chi connectivity index (χ1v) is 6.74. The van der Waals surface area contributed by atoms with Crippen molar-refractivity contribution in [1.29, 1.82) is 0 Å². The second-order valence-corrected chi connectivity index (χ2v) is 4.78. The van der Waals surface area contributed by atoms with Crippen LogP contribution >= 0.6 is 11.3 Å². The monoisotopic (exact) mass is 268 g/mol. The number of nitrogens with zero attached hydrogens (tertiary/aromatic N) is 3. The predicted octanol–water partition coefficient (Wildman–Crippen LogP) is 3.08. The van der Waals surface area contributed by atoms with Crippen molar-refractivity contribution in [2.45, 2.75) is 0 Å². The predicted molar refractivity (Wildman–Crippen MR) is 79.4 cm³/mol. The van der Waals surface area contributed by atoms with E-state index in [4.69, 9.17) is 5.73 Å². The van der Waals surface area contributed by atoms with Crippen molar-refractivity contribution in [2.24, 2.45) is 5.10 Å². The number of imidazole rings is 1. The van der Waals surface area contributed by atoms with Crippen LogP contribution < -0.4 is 5.73 Å². The van der Waals surface area contributed by atoms with Crippen molar-refractivity contribution in [3.05, 3.63) is 58.9 Å². The van der Waals surface area contributed by atoms with E-state index in [9.17, 15) is 0 Å². The van der Waals surface area contributed by atoms with Gasteiger partial charge in [-0.25, -0.2) is 9.66 Å². The van der Waals surface area contributed by atoms with Gasteiger partial charge in [0.25, 0.3) is 0 Å². The highest BCUT2D eigenvalue weighted by Gasteiger charge is 2.05. The van der Waals surface area contributed by atoms with Crippen LogP contribution in [0, 0.1) is 0 Å². The molecule has 3 rings (SSSR count). The maximum Gasteiger partial charge on any atom is 0.221 e. The summed E-state index contributed by atoms with van der Waals surface area (Å²) in [6.45, 7) is 0. The highest BCUT2D eigenvalue weighted by atomic mass is 32.1. The highest BCUT2D eigenvalue weighted by molar-refractivity contribution is 7.08. The summed E-state index contributed by atoms with van der Waals surface area (Å²) in [4.78, 5) is 4.31. The molecule has 0 amide bonds. The van der Waals surface area contributed by atoms with E-state index < -0.39 is 0 Å². The molecular formula is C14H12N4S. The van der Waals surface area contributed by atoms with Gasteiger partial charge in [-0.05, 0) is 16.8 Å². The number of rotatable bonds is 3. The Morgan fingerprint density at radius 1 is 1.21 bits per heavy atom. The molecule has 2 N–H and O–H groups in total. The lowest BCUT2D eigenvalue weighted by Gasteiger charge is -1.93. The molecule has 0 unspecified atom stereocenters. The van der Waals surface area contributed by atoms with Crippen LogP contribution in [0.5, 0.6) is 0 Å². The molecule has 94 valence electrons. The van der Waals surface area contributed by atoms with Gasteiger partial charge in [0.1, 0.15) is 0 Å². The molecule has 0 aliphatic heterocycles. The van der Waals surface area contributed by atoms with Crippen LogP contribution in [0.25, 0.3) is 11.3 Å². The van der Waals surface area contributed by atoms with Crippen molar-refractivity contribution >= 4 is 23.5 Å². The fourth-order valence-electron chi connectivity index (χ4n) is 1.70. The maximum absolute atomic E-state index is 5.86. The van der Waals surface area contributed by atoms with Gasteiger partial charge in [-0.2, -0.15) is 16.4 Å². The Hall–Kier alpha value is -2.40. The van der Waals surface area contributed by atoms with E-state index in [-0.39, 0.29) is 0 Å². The quantitative estimate of drug-likeness (QED) is 0.742. The molecule has 0 bridgehead atoms. The number of nitrogens with two attached hydrogens (primary N) is 1. The molecule has 0 aliphatic rings. The average Bonchev–Trinajstić information content (AvgIpc) is 3.07. The summed E-state index contributed by atoms with van der Waals surface area (Å²) in [6, 6.07) is 11.9. The Bertz CT molecular complexity index is 684. The minimum Gasteiger partial charge on any atom is -0.368 e. The molecule has 4 nitrogen and oxygen atoms in total. The van der Waals surface area contributed by atoms with E-state index >= 15 is 0 Å². The Balaban J connectivity index is 1.90. The van der Waals surface area contributed by atoms with E-state index in [1.807, 2.05) is 53.4 Å². The van der Waals surface area contributed by atoms with Gasteiger partial charge in [0, 0.05) is 11.1 Å². The zero-order valence-electron chi connectivity index (χ0n) is 10.1. The summed E-state index contributed by atoms with van der Waals surface area (Å²) in [5.41, 5.74) is 8.76. The van der Waals surface area contributed by atoms with Gasteiger partial charge in [0.15, 0.2) is 0 Å². The summed E-state index contributed by atoms with van der Waals surface area (Å²) in [5.74, 6) is 0.380. The standard InChI is InChI=1S/C14H12N4S/c15-14-17-13(12-4-2-1-3-5-12)9-18(14)16-8-11-6-7-19-10-11/h1-10H,(H2,15,17)/b16-8+. The van der Waals surface area contributed by atoms with Crippen molar-refractivity contribution in [2.75, 3.05) is 5.73 Å². The molecule has 0 saturated heterocycles. The molecule has 3 aromatic rings. The summed E-state index contributed by atoms with van der Waals surface area (Å²) < 4.78 is 1.58. The first-order chi connectivity index (χ1) is 9.33. The van der Waals surface area contributed by atoms with Crippen LogP contribution in [0.1, 0.15) is 5.56 Å². The summed E-state index contributed by atoms with van der Waals surface area (Å²) in [7, 11) is 0. The highest BCUT2D eigenvalue weighted by Crippen LogP contribution is 2.19. The number of hydrogen-bond acceptors (Lipinski definition) is 4. The first-order valence-electron chi connectivity index (χ1n) is 5.80. The Kier molecular flexibility index (Phi) is 3.12. The SMILES string of the molecule is Nc1nc(-c2ccccc2)cn1/N=C/c1ccsc1. The topological polar surface area (TPSA) is 56.2 Å². The van der Waals surface area contributed by atoms with Crippen LogP contribution in [0.4, 0.5) is 5.95 Å². The minimum absolute atomic E-state index is 0.380. The van der Waals surface area contributed by atoms with Crippen molar-refractivity contribution < 1.29 is 0 Å². The molecule has 5 heteroatoms. The number of thiophene rings is 1. The molecule has 0 radical (unpaired) electrons. The smallest absolute Gasteiger partial charge is 0.221 e. The fourth-order valence-corrected chi connectivity index (χ4v) is 2.31. The molecule has 2 aromatic heterocycles. The zero-order chi connectivity index (χ0) is 13.1. The van der Waals surface area contributed by atoms with Crippen LogP contribution in [0.2, 0.25) is 0 Å². The molecule has 0 aliphatic carbocycles. The molecule has 0 fully saturated rings. The van der Waals surface area contributed by atoms with Crippen LogP contribution in [0.3, 0.4) is 0 Å². The van der Waals surface area contributed by atoms with Gasteiger partial charge in [-0.3, -0.25) is 0 Å². The summed E-state index contributed by atoms with van der Waals surface area (Å²) in [5, 5.41) is 8.34. The molecule has 0 atom stereocenters. The first kappa shape index (κ1) is 11.7. The lowest BCUT2D eigenvalue weighted by molar-refractivity contribution is 0.898. The minimum atomic E-state index is 0.380. The Labute approximate surface area is 114 Å². The van der Waals surface area contributed by atoms with E-state index in [1.165, 1.54) is 0 Å². The average molecular weight is 268 g/mol. The van der Waals surface area contributed by atoms with Crippen LogP contribution in [-0.2, 0) is 0 Å². The maximum atomic E-state index is 5.86. The lowest BCUT2D eigenvalue weighted by Crippen LogP contribution is -1.96. The van der Waals surface area contributed by atoms with Gasteiger partial charge < -0.3 is 5.73 Å². The van der Waals surface area contributed by atoms with E-state index in [0.29, 0.717) is 5.95 Å². The number of benzene rings is 1. The van der Waals surface area contributed by atoms with Crippen molar-refractivity contribution in [1.82, 2.24) is 9.66 Å². The third-order valence-electron chi connectivity index (χ3n) is 2.66. The normalized spacial score (nSPS) is 11.2. The van der Waals surface area contributed by atoms with E-state index in [0.717, 1.165) is 16.8 Å². The second-order valence-electron chi connectivity index (χ2n) is 4.00. The van der Waals surface area contributed by atoms with E-state index in [2.05, 4.69) is 10.1 Å². The molecule has 1 aromatic carbocycles. The second kappa shape index (κ2) is 5.07. The number of anilines is 1. The van der Waals surface area contributed by atoms with Gasteiger partial charge in [-0.1, -0.05) is 30.3 Å². The van der Waals surface area contributed by atoms with Gasteiger partial charge in [0.05, 0.1) is 18.1 Å². The van der Waals surface area contributed by atoms with Crippen LogP contribution in [-0.4, -0.2) is 15.9 Å². The molecule has 2 heterocycles. The van der Waals surface area contributed by atoms with Crippen LogP contribution in [0.15, 0.2) is 58.5 Å². The third kappa shape index (κ3) is 2.56.